The summed E-state index contributed by atoms with van der Waals surface area (Å²) in [6, 6.07) is 5.95. The normalized spacial score (nSPS) is 17.3. The molecular weight excluding hydrogens is 524 g/mol. The number of aliphatic hydroxyl groups is 1. The van der Waals surface area contributed by atoms with Crippen LogP contribution in [-0.2, 0) is 15.1 Å². The molecule has 1 saturated heterocycles. The van der Waals surface area contributed by atoms with Crippen LogP contribution in [0.3, 0.4) is 0 Å². The third-order valence-electron chi connectivity index (χ3n) is 6.19. The first-order valence-electron chi connectivity index (χ1n) is 11.2. The number of likely N-dealkylation sites (tertiary alicyclic amines) is 1. The van der Waals surface area contributed by atoms with Gasteiger partial charge in [-0.1, -0.05) is 36.2 Å². The molecule has 36 heavy (non-hydrogen) atoms. The molecule has 3 rings (SSSR count). The summed E-state index contributed by atoms with van der Waals surface area (Å²) in [7, 11) is 0. The summed E-state index contributed by atoms with van der Waals surface area (Å²) in [6.07, 6.45) is -4.29. The van der Waals surface area contributed by atoms with Crippen LogP contribution in [0.15, 0.2) is 36.5 Å². The minimum atomic E-state index is -5.06. The number of rotatable bonds is 6. The molecule has 2 unspecified atom stereocenters. The Hall–Kier alpha value is -2.56. The second-order valence-corrected chi connectivity index (χ2v) is 9.18. The van der Waals surface area contributed by atoms with Crippen molar-refractivity contribution in [2.75, 3.05) is 19.7 Å². The van der Waals surface area contributed by atoms with E-state index in [2.05, 4.69) is 4.98 Å². The molecule has 196 valence electrons. The second kappa shape index (κ2) is 11.2. The van der Waals surface area contributed by atoms with Gasteiger partial charge in [-0.2, -0.15) is 13.2 Å². The van der Waals surface area contributed by atoms with Crippen LogP contribution in [0.5, 0.6) is 0 Å². The number of aromatic nitrogens is 1. The predicted octanol–water partition coefficient (Wildman–Crippen LogP) is 5.72. The first-order chi connectivity index (χ1) is 16.9. The highest BCUT2D eigenvalue weighted by molar-refractivity contribution is 6.31. The SMILES string of the molecule is CCOC(=O)OC1CCN(C(=O)c2ccc(C(C)C(O)(c3ccnc(Cl)c3)C(F)(F)F)c(Cl)c2)CC1. The fourth-order valence-electron chi connectivity index (χ4n) is 4.18. The number of alkyl halides is 3. The Morgan fingerprint density at radius 1 is 1.19 bits per heavy atom. The number of hydrogen-bond acceptors (Lipinski definition) is 6. The highest BCUT2D eigenvalue weighted by Crippen LogP contribution is 2.50. The molecule has 1 aromatic carbocycles. The second-order valence-electron chi connectivity index (χ2n) is 8.38. The van der Waals surface area contributed by atoms with E-state index in [4.69, 9.17) is 32.7 Å². The van der Waals surface area contributed by atoms with Crippen LogP contribution in [0, 0.1) is 0 Å². The summed E-state index contributed by atoms with van der Waals surface area (Å²) in [5.41, 5.74) is -3.60. The van der Waals surface area contributed by atoms with Crippen molar-refractivity contribution >= 4 is 35.3 Å². The quantitative estimate of drug-likeness (QED) is 0.367. The summed E-state index contributed by atoms with van der Waals surface area (Å²) in [4.78, 5) is 29.7. The van der Waals surface area contributed by atoms with E-state index in [0.717, 1.165) is 18.3 Å². The Balaban J connectivity index is 1.78. The van der Waals surface area contributed by atoms with E-state index in [1.54, 1.807) is 11.8 Å². The van der Waals surface area contributed by atoms with Gasteiger partial charge in [-0.3, -0.25) is 4.79 Å². The molecular formula is C24H25Cl2F3N2O5. The molecule has 1 fully saturated rings. The fraction of sp³-hybridized carbons (Fsp3) is 0.458. The van der Waals surface area contributed by atoms with E-state index in [9.17, 15) is 27.9 Å². The largest absolute Gasteiger partial charge is 0.508 e. The zero-order valence-corrected chi connectivity index (χ0v) is 21.0. The Kier molecular flexibility index (Phi) is 8.74. The highest BCUT2D eigenvalue weighted by Gasteiger charge is 2.59. The molecule has 1 aliphatic rings. The highest BCUT2D eigenvalue weighted by atomic mass is 35.5. The molecule has 0 saturated carbocycles. The molecule has 1 N–H and O–H groups in total. The molecule has 12 heteroatoms. The molecule has 2 atom stereocenters. The molecule has 0 bridgehead atoms. The van der Waals surface area contributed by atoms with Crippen molar-refractivity contribution in [3.05, 3.63) is 63.4 Å². The number of amides is 1. The average Bonchev–Trinajstić information content (AvgIpc) is 2.82. The van der Waals surface area contributed by atoms with Crippen molar-refractivity contribution in [3.8, 4) is 0 Å². The lowest BCUT2D eigenvalue weighted by molar-refractivity contribution is -0.274. The van der Waals surface area contributed by atoms with Crippen LogP contribution < -0.4 is 0 Å². The number of pyridine rings is 1. The first-order valence-corrected chi connectivity index (χ1v) is 12.0. The van der Waals surface area contributed by atoms with Crippen molar-refractivity contribution in [3.63, 3.8) is 0 Å². The van der Waals surface area contributed by atoms with Crippen LogP contribution in [0.4, 0.5) is 18.0 Å². The minimum absolute atomic E-state index is 0.00233. The van der Waals surface area contributed by atoms with Crippen molar-refractivity contribution < 1.29 is 37.3 Å². The number of nitrogens with zero attached hydrogens (tertiary/aromatic N) is 2. The van der Waals surface area contributed by atoms with Gasteiger partial charge in [0.15, 0.2) is 5.60 Å². The van der Waals surface area contributed by atoms with Crippen LogP contribution in [0.25, 0.3) is 0 Å². The molecule has 1 aliphatic heterocycles. The smallest absolute Gasteiger partial charge is 0.435 e. The number of benzene rings is 1. The van der Waals surface area contributed by atoms with Gasteiger partial charge < -0.3 is 19.5 Å². The Labute approximate surface area is 216 Å². The summed E-state index contributed by atoms with van der Waals surface area (Å²) < 4.78 is 52.3. The average molecular weight is 549 g/mol. The number of hydrogen-bond donors (Lipinski definition) is 1. The number of halogens is 5. The van der Waals surface area contributed by atoms with Gasteiger partial charge in [0.25, 0.3) is 5.91 Å². The van der Waals surface area contributed by atoms with E-state index in [1.165, 1.54) is 25.1 Å². The fourth-order valence-corrected chi connectivity index (χ4v) is 4.70. The predicted molar refractivity (Wildman–Crippen MR) is 126 cm³/mol. The van der Waals surface area contributed by atoms with Gasteiger partial charge >= 0.3 is 12.3 Å². The zero-order valence-electron chi connectivity index (χ0n) is 19.5. The lowest BCUT2D eigenvalue weighted by Crippen LogP contribution is -2.46. The van der Waals surface area contributed by atoms with Crippen molar-refractivity contribution in [2.45, 2.75) is 50.5 Å². The monoisotopic (exact) mass is 548 g/mol. The molecule has 1 aromatic heterocycles. The summed E-state index contributed by atoms with van der Waals surface area (Å²) in [5, 5.41) is 10.6. The zero-order chi connectivity index (χ0) is 26.7. The minimum Gasteiger partial charge on any atom is -0.435 e. The molecule has 2 heterocycles. The van der Waals surface area contributed by atoms with Gasteiger partial charge in [-0.05, 0) is 42.3 Å². The Bertz CT molecular complexity index is 1110. The van der Waals surface area contributed by atoms with Gasteiger partial charge in [-0.15, -0.1) is 0 Å². The van der Waals surface area contributed by atoms with Crippen LogP contribution in [0.2, 0.25) is 10.2 Å². The molecule has 7 nitrogen and oxygen atoms in total. The standard InChI is InChI=1S/C24H25Cl2F3N2O5/c1-3-35-22(33)36-17-7-10-31(11-8-17)21(32)15-4-5-18(19(25)12-15)14(2)23(34,24(27,28)29)16-6-9-30-20(26)13-16/h4-6,9,12-14,17,34H,3,7-8,10-11H2,1-2H3. The summed E-state index contributed by atoms with van der Waals surface area (Å²) in [6.45, 7) is 3.68. The molecule has 0 aliphatic carbocycles. The van der Waals surface area contributed by atoms with Gasteiger partial charge in [0.05, 0.1) is 6.61 Å². The van der Waals surface area contributed by atoms with E-state index in [0.29, 0.717) is 25.9 Å². The van der Waals surface area contributed by atoms with Gasteiger partial charge in [-0.25, -0.2) is 9.78 Å². The maximum Gasteiger partial charge on any atom is 0.508 e. The summed E-state index contributed by atoms with van der Waals surface area (Å²) in [5.74, 6) is -1.90. The Morgan fingerprint density at radius 3 is 2.42 bits per heavy atom. The van der Waals surface area contributed by atoms with Crippen molar-refractivity contribution in [1.29, 1.82) is 0 Å². The van der Waals surface area contributed by atoms with Gasteiger partial charge in [0.2, 0.25) is 0 Å². The van der Waals surface area contributed by atoms with Crippen molar-refractivity contribution in [2.24, 2.45) is 0 Å². The van der Waals surface area contributed by atoms with Crippen LogP contribution in [0.1, 0.15) is 54.1 Å². The lowest BCUT2D eigenvalue weighted by Gasteiger charge is -2.37. The summed E-state index contributed by atoms with van der Waals surface area (Å²) >= 11 is 12.1. The van der Waals surface area contributed by atoms with E-state index >= 15 is 0 Å². The van der Waals surface area contributed by atoms with Crippen molar-refractivity contribution in [1.82, 2.24) is 9.88 Å². The first kappa shape index (κ1) is 28.0. The number of carbonyl (C=O) groups excluding carboxylic acids is 2. The third kappa shape index (κ3) is 5.87. The van der Waals surface area contributed by atoms with E-state index < -0.39 is 29.4 Å². The molecule has 0 spiro atoms. The molecule has 2 aromatic rings. The van der Waals surface area contributed by atoms with Crippen LogP contribution >= 0.6 is 23.2 Å². The van der Waals surface area contributed by atoms with Gasteiger partial charge in [0, 0.05) is 48.6 Å². The maximum absolute atomic E-state index is 14.1. The van der Waals surface area contributed by atoms with Gasteiger partial charge in [0.1, 0.15) is 11.3 Å². The maximum atomic E-state index is 14.1. The third-order valence-corrected chi connectivity index (χ3v) is 6.73. The van der Waals surface area contributed by atoms with E-state index in [-0.39, 0.29) is 39.9 Å². The topological polar surface area (TPSA) is 89.0 Å². The molecule has 0 radical (unpaired) electrons. The molecule has 1 amide bonds. The van der Waals surface area contributed by atoms with Crippen LogP contribution in [-0.4, -0.2) is 59.0 Å². The Morgan fingerprint density at radius 2 is 1.86 bits per heavy atom. The number of carbonyl (C=O) groups is 2. The van der Waals surface area contributed by atoms with E-state index in [1.807, 2.05) is 0 Å². The number of ether oxygens (including phenoxy) is 2. The number of piperidine rings is 1. The lowest BCUT2D eigenvalue weighted by atomic mass is 9.78.